The third kappa shape index (κ3) is 84.0. The van der Waals surface area contributed by atoms with Crippen LogP contribution >= 0.6 is 0 Å². The number of hydrogen-bond acceptors (Lipinski definition) is 4. The molecule has 6 heteroatoms. The largest absolute Gasteiger partial charge is 1.00 e. The zero-order valence-corrected chi connectivity index (χ0v) is 8.86. The minimum absolute atomic E-state index is 0. The molecule has 0 atom stereocenters. The van der Waals surface area contributed by atoms with Gasteiger partial charge in [-0.2, -0.15) is 0 Å². The van der Waals surface area contributed by atoms with Crippen LogP contribution in [-0.4, -0.2) is 36.1 Å². The van der Waals surface area contributed by atoms with Gasteiger partial charge in [0.2, 0.25) is 0 Å². The standard InChI is InChI=1S/C3H7O.BH3O3.K/c1-3-4-2;2-1(3)4;/h1,3H2,2H3;2-4H;/q-1;;+1. The van der Waals surface area contributed by atoms with Gasteiger partial charge in [-0.25, -0.2) is 0 Å². The molecule has 0 spiro atoms. The zero-order valence-electron chi connectivity index (χ0n) is 5.74. The van der Waals surface area contributed by atoms with Gasteiger partial charge in [-0.15, -0.1) is 0 Å². The van der Waals surface area contributed by atoms with Gasteiger partial charge in [0, 0.05) is 7.11 Å². The van der Waals surface area contributed by atoms with Crippen LogP contribution in [0.25, 0.3) is 0 Å². The Kier molecular flexibility index (Phi) is 30.5. The van der Waals surface area contributed by atoms with Crippen LogP contribution < -0.4 is 51.4 Å². The molecule has 0 unspecified atom stereocenters. The average molecular weight is 160 g/mol. The Bertz CT molecular complexity index is 32.2. The molecular weight excluding hydrogens is 150 g/mol. The van der Waals surface area contributed by atoms with E-state index in [1.807, 2.05) is 0 Å². The summed E-state index contributed by atoms with van der Waals surface area (Å²) in [6.45, 7) is 3.95. The molecule has 0 saturated heterocycles. The third-order valence-electron chi connectivity index (χ3n) is 0.204. The molecule has 0 bridgehead atoms. The smallest absolute Gasteiger partial charge is 0.417 e. The number of methoxy groups -OCH3 is 1. The van der Waals surface area contributed by atoms with Crippen LogP contribution in [0.15, 0.2) is 0 Å². The Balaban J connectivity index is -0.0000000720. The molecule has 0 heterocycles. The number of ether oxygens (including phenoxy) is 1. The van der Waals surface area contributed by atoms with Crippen molar-refractivity contribution in [2.45, 2.75) is 0 Å². The first-order chi connectivity index (χ1) is 3.65. The average Bonchev–Trinajstić information content (AvgIpc) is 1.65. The molecule has 0 rings (SSSR count). The van der Waals surface area contributed by atoms with Crippen molar-refractivity contribution in [3.8, 4) is 0 Å². The van der Waals surface area contributed by atoms with Crippen molar-refractivity contribution < 1.29 is 71.2 Å². The SMILES string of the molecule is OB(O)O.[CH2-]COC.[K+]. The van der Waals surface area contributed by atoms with E-state index < -0.39 is 7.32 Å². The molecule has 3 N–H and O–H groups in total. The molecule has 0 fully saturated rings. The monoisotopic (exact) mass is 160 g/mol. The second-order valence-electron chi connectivity index (χ2n) is 0.839. The van der Waals surface area contributed by atoms with Gasteiger partial charge in [0.05, 0.1) is 0 Å². The predicted molar refractivity (Wildman–Crippen MR) is 29.6 cm³/mol. The van der Waals surface area contributed by atoms with Crippen molar-refractivity contribution in [2.24, 2.45) is 0 Å². The van der Waals surface area contributed by atoms with E-state index >= 15 is 0 Å². The second-order valence-corrected chi connectivity index (χ2v) is 0.839. The van der Waals surface area contributed by atoms with Gasteiger partial charge >= 0.3 is 58.7 Å². The maximum absolute atomic E-state index is 7.17. The van der Waals surface area contributed by atoms with Gasteiger partial charge in [-0.3, -0.25) is 0 Å². The molecule has 4 nitrogen and oxygen atoms in total. The van der Waals surface area contributed by atoms with Gasteiger partial charge < -0.3 is 26.7 Å². The van der Waals surface area contributed by atoms with Crippen LogP contribution in [0.4, 0.5) is 0 Å². The van der Waals surface area contributed by atoms with Crippen LogP contribution in [0.5, 0.6) is 0 Å². The summed E-state index contributed by atoms with van der Waals surface area (Å²) in [5.41, 5.74) is 0. The van der Waals surface area contributed by atoms with Gasteiger partial charge in [-0.1, -0.05) is 6.61 Å². The quantitative estimate of drug-likeness (QED) is 0.267. The molecule has 9 heavy (non-hydrogen) atoms. The molecule has 0 radical (unpaired) electrons. The van der Waals surface area contributed by atoms with Crippen molar-refractivity contribution in [1.29, 1.82) is 0 Å². The fourth-order valence-corrected chi connectivity index (χ4v) is 0. The van der Waals surface area contributed by atoms with Crippen molar-refractivity contribution in [2.75, 3.05) is 13.7 Å². The summed E-state index contributed by atoms with van der Waals surface area (Å²) in [6.07, 6.45) is 0. The van der Waals surface area contributed by atoms with Crippen LogP contribution in [0.1, 0.15) is 0 Å². The summed E-state index contributed by atoms with van der Waals surface area (Å²) in [5.74, 6) is 0. The summed E-state index contributed by atoms with van der Waals surface area (Å²) in [7, 11) is -0.549. The maximum Gasteiger partial charge on any atom is 1.00 e. The van der Waals surface area contributed by atoms with Crippen molar-refractivity contribution in [3.63, 3.8) is 0 Å². The van der Waals surface area contributed by atoms with Gasteiger partial charge in [0.15, 0.2) is 0 Å². The molecular formula is C3H10BKO4. The minimum Gasteiger partial charge on any atom is -0.417 e. The Morgan fingerprint density at radius 3 is 1.56 bits per heavy atom. The van der Waals surface area contributed by atoms with Crippen molar-refractivity contribution >= 4 is 7.32 Å². The maximum atomic E-state index is 7.17. The van der Waals surface area contributed by atoms with E-state index in [1.54, 1.807) is 7.11 Å². The first-order valence-electron chi connectivity index (χ1n) is 1.97. The first-order valence-corrected chi connectivity index (χ1v) is 1.97. The van der Waals surface area contributed by atoms with Crippen LogP contribution in [-0.2, 0) is 4.74 Å². The van der Waals surface area contributed by atoms with E-state index in [1.165, 1.54) is 0 Å². The van der Waals surface area contributed by atoms with E-state index in [0.717, 1.165) is 0 Å². The number of rotatable bonds is 1. The van der Waals surface area contributed by atoms with Crippen molar-refractivity contribution in [1.82, 2.24) is 0 Å². The third-order valence-corrected chi connectivity index (χ3v) is 0.204. The number of hydrogen-bond donors (Lipinski definition) is 3. The molecule has 0 aromatic heterocycles. The fraction of sp³-hybridized carbons (Fsp3) is 0.667. The summed E-state index contributed by atoms with van der Waals surface area (Å²) in [5, 5.41) is 21.5. The van der Waals surface area contributed by atoms with E-state index in [4.69, 9.17) is 15.1 Å². The molecule has 0 saturated carbocycles. The Morgan fingerprint density at radius 2 is 1.56 bits per heavy atom. The van der Waals surface area contributed by atoms with E-state index in [2.05, 4.69) is 11.7 Å². The van der Waals surface area contributed by atoms with E-state index in [-0.39, 0.29) is 51.4 Å². The summed E-state index contributed by atoms with van der Waals surface area (Å²) in [6, 6.07) is 0. The topological polar surface area (TPSA) is 69.9 Å². The summed E-state index contributed by atoms with van der Waals surface area (Å²) in [4.78, 5) is 0. The molecule has 0 aliphatic carbocycles. The molecule has 0 aliphatic rings. The van der Waals surface area contributed by atoms with E-state index in [9.17, 15) is 0 Å². The van der Waals surface area contributed by atoms with Gasteiger partial charge in [0.1, 0.15) is 0 Å². The van der Waals surface area contributed by atoms with Gasteiger partial charge in [0.25, 0.3) is 0 Å². The Labute approximate surface area is 97.8 Å². The van der Waals surface area contributed by atoms with Crippen molar-refractivity contribution in [3.05, 3.63) is 6.92 Å². The minimum atomic E-state index is -2.17. The first kappa shape index (κ1) is 16.9. The molecule has 0 amide bonds. The summed E-state index contributed by atoms with van der Waals surface area (Å²) < 4.78 is 4.43. The van der Waals surface area contributed by atoms with E-state index in [0.29, 0.717) is 6.61 Å². The fourth-order valence-electron chi connectivity index (χ4n) is 0. The molecule has 0 aromatic carbocycles. The second kappa shape index (κ2) is 16.3. The molecule has 0 aromatic rings. The molecule has 50 valence electrons. The van der Waals surface area contributed by atoms with Gasteiger partial charge in [-0.05, 0) is 0 Å². The normalized spacial score (nSPS) is 6.33. The van der Waals surface area contributed by atoms with Crippen LogP contribution in [0.2, 0.25) is 0 Å². The Morgan fingerprint density at radius 1 is 1.44 bits per heavy atom. The zero-order chi connectivity index (χ0) is 6.99. The van der Waals surface area contributed by atoms with Crippen LogP contribution in [0, 0.1) is 6.92 Å². The predicted octanol–water partition coefficient (Wildman–Crippen LogP) is -4.58. The Hall–Kier alpha value is 1.54. The summed E-state index contributed by atoms with van der Waals surface area (Å²) >= 11 is 0. The molecule has 0 aliphatic heterocycles. The van der Waals surface area contributed by atoms with Crippen LogP contribution in [0.3, 0.4) is 0 Å².